The van der Waals surface area contributed by atoms with Gasteiger partial charge in [-0.3, -0.25) is 20.4 Å². The van der Waals surface area contributed by atoms with E-state index in [1.807, 2.05) is 12.1 Å². The van der Waals surface area contributed by atoms with E-state index in [0.717, 1.165) is 5.56 Å². The van der Waals surface area contributed by atoms with Gasteiger partial charge in [0.2, 0.25) is 15.9 Å². The van der Waals surface area contributed by atoms with Crippen LogP contribution in [0.3, 0.4) is 0 Å². The number of aryl methyl sites for hydroxylation is 2. The zero-order valence-electron chi connectivity index (χ0n) is 16.6. The van der Waals surface area contributed by atoms with E-state index in [1.54, 1.807) is 50.2 Å². The van der Waals surface area contributed by atoms with Crippen molar-refractivity contribution < 1.29 is 22.7 Å². The zero-order chi connectivity index (χ0) is 22.1. The molecular formula is C20H22N4O5S. The summed E-state index contributed by atoms with van der Waals surface area (Å²) in [5.74, 6) is -0.959. The fourth-order valence-electron chi connectivity index (χ4n) is 2.44. The summed E-state index contributed by atoms with van der Waals surface area (Å²) in [4.78, 5) is 23.7. The summed E-state index contributed by atoms with van der Waals surface area (Å²) in [6.45, 7) is 2.94. The van der Waals surface area contributed by atoms with Gasteiger partial charge in [-0.15, -0.1) is 0 Å². The highest BCUT2D eigenvalue weighted by Gasteiger charge is 2.17. The van der Waals surface area contributed by atoms with Crippen LogP contribution in [0.15, 0.2) is 47.4 Å². The first-order chi connectivity index (χ1) is 14.2. The van der Waals surface area contributed by atoms with E-state index >= 15 is 0 Å². The maximum Gasteiger partial charge on any atom is 0.276 e. The van der Waals surface area contributed by atoms with E-state index in [4.69, 9.17) is 10.00 Å². The molecule has 0 spiro atoms. The predicted octanol–water partition coefficient (Wildman–Crippen LogP) is 1.07. The highest BCUT2D eigenvalue weighted by atomic mass is 32.2. The standard InChI is InChI=1S/C20H22N4O5S/c1-14-7-8-15(2)18(11-14)30(27,28)22-10-9-19(25)23-24-20(26)13-29-17-6-4-3-5-16(17)12-21/h3-8,11,22H,9-10,13H2,1-2H3,(H,23,25)(H,24,26). The predicted molar refractivity (Wildman–Crippen MR) is 109 cm³/mol. The van der Waals surface area contributed by atoms with Crippen LogP contribution < -0.4 is 20.3 Å². The van der Waals surface area contributed by atoms with Crippen LogP contribution in [0.2, 0.25) is 0 Å². The molecule has 2 rings (SSSR count). The Balaban J connectivity index is 1.75. The lowest BCUT2D eigenvalue weighted by Crippen LogP contribution is -2.44. The van der Waals surface area contributed by atoms with Crippen LogP contribution in [0.25, 0.3) is 0 Å². The Kier molecular flexibility index (Phi) is 7.91. The highest BCUT2D eigenvalue weighted by Crippen LogP contribution is 2.17. The van der Waals surface area contributed by atoms with Gasteiger partial charge in [-0.1, -0.05) is 24.3 Å². The second-order valence-electron chi connectivity index (χ2n) is 6.41. The van der Waals surface area contributed by atoms with Gasteiger partial charge in [-0.05, 0) is 43.2 Å². The Hall–Kier alpha value is -3.42. The molecule has 0 aliphatic heterocycles. The van der Waals surface area contributed by atoms with Crippen molar-refractivity contribution in [2.75, 3.05) is 13.2 Å². The third kappa shape index (κ3) is 6.58. The lowest BCUT2D eigenvalue weighted by Gasteiger charge is -2.11. The van der Waals surface area contributed by atoms with Gasteiger partial charge in [-0.2, -0.15) is 5.26 Å². The average Bonchev–Trinajstić information content (AvgIpc) is 2.72. The third-order valence-corrected chi connectivity index (χ3v) is 5.59. The number of para-hydroxylation sites is 1. The van der Waals surface area contributed by atoms with Crippen molar-refractivity contribution in [1.82, 2.24) is 15.6 Å². The van der Waals surface area contributed by atoms with Crippen molar-refractivity contribution in [3.8, 4) is 11.8 Å². The zero-order valence-corrected chi connectivity index (χ0v) is 17.4. The number of nitrogens with one attached hydrogen (secondary N) is 3. The number of hydrazine groups is 1. The summed E-state index contributed by atoms with van der Waals surface area (Å²) in [7, 11) is -3.75. The van der Waals surface area contributed by atoms with Crippen LogP contribution >= 0.6 is 0 Å². The molecule has 0 unspecified atom stereocenters. The molecule has 0 aromatic heterocycles. The van der Waals surface area contributed by atoms with Crippen LogP contribution in [0.1, 0.15) is 23.1 Å². The molecule has 0 bridgehead atoms. The van der Waals surface area contributed by atoms with E-state index in [9.17, 15) is 18.0 Å². The number of sulfonamides is 1. The first-order valence-electron chi connectivity index (χ1n) is 8.99. The average molecular weight is 430 g/mol. The van der Waals surface area contributed by atoms with E-state index in [1.165, 1.54) is 0 Å². The number of benzene rings is 2. The van der Waals surface area contributed by atoms with E-state index in [-0.39, 0.29) is 29.2 Å². The first-order valence-corrected chi connectivity index (χ1v) is 10.5. The summed E-state index contributed by atoms with van der Waals surface area (Å²) in [5.41, 5.74) is 6.03. The first kappa shape index (κ1) is 22.9. The lowest BCUT2D eigenvalue weighted by atomic mass is 10.2. The van der Waals surface area contributed by atoms with Crippen LogP contribution in [0.5, 0.6) is 5.75 Å². The summed E-state index contributed by atoms with van der Waals surface area (Å²) in [5, 5.41) is 8.96. The number of nitrogens with zero attached hydrogens (tertiary/aromatic N) is 1. The number of carbonyl (C=O) groups is 2. The van der Waals surface area contributed by atoms with Crippen molar-refractivity contribution in [2.24, 2.45) is 0 Å². The number of hydrogen-bond donors (Lipinski definition) is 3. The SMILES string of the molecule is Cc1ccc(C)c(S(=O)(=O)NCCC(=O)NNC(=O)COc2ccccc2C#N)c1. The molecule has 2 aromatic rings. The van der Waals surface area contributed by atoms with Crippen LogP contribution in [-0.4, -0.2) is 33.4 Å². The summed E-state index contributed by atoms with van der Waals surface area (Å²) in [6.07, 6.45) is -0.178. The Labute approximate surface area is 175 Å². The minimum absolute atomic E-state index is 0.135. The second kappa shape index (κ2) is 10.4. The fraction of sp³-hybridized carbons (Fsp3) is 0.250. The third-order valence-electron chi connectivity index (χ3n) is 3.98. The Morgan fingerprint density at radius 3 is 2.50 bits per heavy atom. The highest BCUT2D eigenvalue weighted by molar-refractivity contribution is 7.89. The molecule has 2 amide bonds. The molecular weight excluding hydrogens is 408 g/mol. The van der Waals surface area contributed by atoms with Crippen LogP contribution in [0.4, 0.5) is 0 Å². The molecule has 0 radical (unpaired) electrons. The number of amides is 2. The number of nitriles is 1. The fourth-order valence-corrected chi connectivity index (χ4v) is 3.80. The quantitative estimate of drug-likeness (QED) is 0.536. The largest absolute Gasteiger partial charge is 0.482 e. The van der Waals surface area contributed by atoms with Gasteiger partial charge in [0.05, 0.1) is 10.5 Å². The molecule has 0 fully saturated rings. The van der Waals surface area contributed by atoms with Crippen molar-refractivity contribution in [3.63, 3.8) is 0 Å². The minimum Gasteiger partial charge on any atom is -0.482 e. The molecule has 2 aromatic carbocycles. The topological polar surface area (TPSA) is 137 Å². The summed E-state index contributed by atoms with van der Waals surface area (Å²) >= 11 is 0. The minimum atomic E-state index is -3.75. The van der Waals surface area contributed by atoms with Gasteiger partial charge in [0.1, 0.15) is 11.8 Å². The molecule has 0 atom stereocenters. The molecule has 10 heteroatoms. The van der Waals surface area contributed by atoms with Crippen LogP contribution in [0, 0.1) is 25.2 Å². The van der Waals surface area contributed by atoms with Gasteiger partial charge in [0, 0.05) is 13.0 Å². The maximum absolute atomic E-state index is 12.4. The number of carbonyl (C=O) groups excluding carboxylic acids is 2. The van der Waals surface area contributed by atoms with Gasteiger partial charge < -0.3 is 4.74 Å². The summed E-state index contributed by atoms with van der Waals surface area (Å²) in [6, 6.07) is 13.4. The normalized spacial score (nSPS) is 10.7. The van der Waals surface area contributed by atoms with Crippen molar-refractivity contribution in [2.45, 2.75) is 25.2 Å². The number of ether oxygens (including phenoxy) is 1. The van der Waals surface area contributed by atoms with E-state index < -0.39 is 28.4 Å². The smallest absolute Gasteiger partial charge is 0.276 e. The van der Waals surface area contributed by atoms with E-state index in [2.05, 4.69) is 15.6 Å². The molecule has 0 aliphatic rings. The molecule has 9 nitrogen and oxygen atoms in total. The Bertz CT molecular complexity index is 1080. The van der Waals surface area contributed by atoms with Gasteiger partial charge in [0.15, 0.2) is 6.61 Å². The maximum atomic E-state index is 12.4. The molecule has 0 saturated carbocycles. The lowest BCUT2D eigenvalue weighted by molar-refractivity contribution is -0.129. The molecule has 3 N–H and O–H groups in total. The molecule has 0 heterocycles. The summed E-state index contributed by atoms with van der Waals surface area (Å²) < 4.78 is 32.4. The van der Waals surface area contributed by atoms with Gasteiger partial charge in [-0.25, -0.2) is 13.1 Å². The molecule has 0 saturated heterocycles. The second-order valence-corrected chi connectivity index (χ2v) is 8.15. The van der Waals surface area contributed by atoms with Crippen molar-refractivity contribution in [1.29, 1.82) is 5.26 Å². The monoisotopic (exact) mass is 430 g/mol. The van der Waals surface area contributed by atoms with Crippen molar-refractivity contribution in [3.05, 3.63) is 59.2 Å². The Morgan fingerprint density at radius 2 is 1.77 bits per heavy atom. The number of hydrogen-bond acceptors (Lipinski definition) is 6. The van der Waals surface area contributed by atoms with E-state index in [0.29, 0.717) is 5.56 Å². The molecule has 158 valence electrons. The van der Waals surface area contributed by atoms with Gasteiger partial charge in [0.25, 0.3) is 5.91 Å². The van der Waals surface area contributed by atoms with Crippen LogP contribution in [-0.2, 0) is 19.6 Å². The Morgan fingerprint density at radius 1 is 1.07 bits per heavy atom. The molecule has 30 heavy (non-hydrogen) atoms. The molecule has 0 aliphatic carbocycles. The van der Waals surface area contributed by atoms with Gasteiger partial charge >= 0.3 is 0 Å². The van der Waals surface area contributed by atoms with Crippen molar-refractivity contribution >= 4 is 21.8 Å². The number of rotatable bonds is 8.